The van der Waals surface area contributed by atoms with Crippen molar-refractivity contribution in [1.82, 2.24) is 4.90 Å². The van der Waals surface area contributed by atoms with Gasteiger partial charge in [-0.05, 0) is 32.8 Å². The lowest BCUT2D eigenvalue weighted by Crippen LogP contribution is -2.47. The average Bonchev–Trinajstić information content (AvgIpc) is 2.56. The molecule has 0 saturated carbocycles. The van der Waals surface area contributed by atoms with Gasteiger partial charge in [0.05, 0.1) is 38.6 Å². The molecule has 0 N–H and O–H groups in total. The number of methoxy groups -OCH3 is 1. The fourth-order valence-corrected chi connectivity index (χ4v) is 2.68. The molecular weight excluding hydrogens is 334 g/mol. The molecular formula is C20H31NO5. The van der Waals surface area contributed by atoms with E-state index in [4.69, 9.17) is 18.9 Å². The fourth-order valence-electron chi connectivity index (χ4n) is 2.68. The molecule has 146 valence electrons. The molecule has 26 heavy (non-hydrogen) atoms. The van der Waals surface area contributed by atoms with Crippen LogP contribution in [0.4, 0.5) is 4.79 Å². The predicted molar refractivity (Wildman–Crippen MR) is 99.1 cm³/mol. The zero-order valence-corrected chi connectivity index (χ0v) is 16.3. The second kappa shape index (κ2) is 9.90. The first-order valence-electron chi connectivity index (χ1n) is 9.11. The molecule has 1 aliphatic heterocycles. The zero-order chi connectivity index (χ0) is 19.0. The zero-order valence-electron chi connectivity index (χ0n) is 16.3. The number of benzene rings is 1. The van der Waals surface area contributed by atoms with Crippen molar-refractivity contribution < 1.29 is 23.7 Å². The Balaban J connectivity index is 1.93. The number of hydrogen-bond donors (Lipinski definition) is 0. The standard InChI is InChI=1S/C20H31NO5/c1-20(2,3)26-19(22)21-11-10-17(23-4)15-25-18(12-21)14-24-13-16-8-6-5-7-9-16/h5-9,17-18H,10-15H2,1-4H3/t17?,18-/m0/s1. The van der Waals surface area contributed by atoms with Crippen LogP contribution in [0, 0.1) is 0 Å². The summed E-state index contributed by atoms with van der Waals surface area (Å²) in [5, 5.41) is 0. The van der Waals surface area contributed by atoms with Gasteiger partial charge in [0.15, 0.2) is 0 Å². The maximum Gasteiger partial charge on any atom is 0.410 e. The van der Waals surface area contributed by atoms with E-state index in [0.717, 1.165) is 5.56 Å². The van der Waals surface area contributed by atoms with Crippen LogP contribution >= 0.6 is 0 Å². The Hall–Kier alpha value is -1.63. The monoisotopic (exact) mass is 365 g/mol. The molecule has 0 aliphatic carbocycles. The SMILES string of the molecule is COC1CCN(C(=O)OC(C)(C)C)C[C@@H](COCc2ccccc2)OC1. The minimum absolute atomic E-state index is 0.0446. The highest BCUT2D eigenvalue weighted by Crippen LogP contribution is 2.15. The second-order valence-electron chi connectivity index (χ2n) is 7.53. The smallest absolute Gasteiger partial charge is 0.410 e. The molecule has 0 bridgehead atoms. The summed E-state index contributed by atoms with van der Waals surface area (Å²) in [4.78, 5) is 14.2. The molecule has 2 rings (SSSR count). The normalized spacial score (nSPS) is 21.8. The van der Waals surface area contributed by atoms with Crippen LogP contribution in [-0.2, 0) is 25.6 Å². The van der Waals surface area contributed by atoms with Crippen molar-refractivity contribution in [2.75, 3.05) is 33.4 Å². The van der Waals surface area contributed by atoms with Gasteiger partial charge < -0.3 is 23.8 Å². The summed E-state index contributed by atoms with van der Waals surface area (Å²) in [5.41, 5.74) is 0.581. The van der Waals surface area contributed by atoms with Crippen molar-refractivity contribution in [1.29, 1.82) is 0 Å². The molecule has 1 saturated heterocycles. The van der Waals surface area contributed by atoms with Gasteiger partial charge in [0.2, 0.25) is 0 Å². The van der Waals surface area contributed by atoms with Crippen LogP contribution in [0.15, 0.2) is 30.3 Å². The lowest BCUT2D eigenvalue weighted by atomic mass is 10.2. The van der Waals surface area contributed by atoms with E-state index in [9.17, 15) is 4.79 Å². The third kappa shape index (κ3) is 7.32. The van der Waals surface area contributed by atoms with Crippen molar-refractivity contribution >= 4 is 6.09 Å². The lowest BCUT2D eigenvalue weighted by Gasteiger charge is -2.33. The first-order chi connectivity index (χ1) is 12.4. The van der Waals surface area contributed by atoms with Crippen molar-refractivity contribution in [3.8, 4) is 0 Å². The summed E-state index contributed by atoms with van der Waals surface area (Å²) in [7, 11) is 1.66. The summed E-state index contributed by atoms with van der Waals surface area (Å²) < 4.78 is 22.7. The largest absolute Gasteiger partial charge is 0.444 e. The summed E-state index contributed by atoms with van der Waals surface area (Å²) in [6, 6.07) is 9.99. The molecule has 1 aromatic carbocycles. The van der Waals surface area contributed by atoms with Gasteiger partial charge in [0.25, 0.3) is 0 Å². The highest BCUT2D eigenvalue weighted by molar-refractivity contribution is 5.68. The molecule has 1 amide bonds. The Morgan fingerprint density at radius 3 is 2.65 bits per heavy atom. The van der Waals surface area contributed by atoms with E-state index in [1.807, 2.05) is 51.1 Å². The van der Waals surface area contributed by atoms with Crippen LogP contribution in [0.25, 0.3) is 0 Å². The number of carbonyl (C=O) groups is 1. The Morgan fingerprint density at radius 1 is 1.27 bits per heavy atom. The van der Waals surface area contributed by atoms with Gasteiger partial charge >= 0.3 is 6.09 Å². The Morgan fingerprint density at radius 2 is 2.00 bits per heavy atom. The van der Waals surface area contributed by atoms with Crippen LogP contribution in [-0.4, -0.2) is 62.2 Å². The van der Waals surface area contributed by atoms with Crippen LogP contribution in [0.1, 0.15) is 32.8 Å². The number of amides is 1. The van der Waals surface area contributed by atoms with Gasteiger partial charge in [0.1, 0.15) is 5.60 Å². The van der Waals surface area contributed by atoms with Crippen molar-refractivity contribution in [2.24, 2.45) is 0 Å². The van der Waals surface area contributed by atoms with Gasteiger partial charge in [-0.15, -0.1) is 0 Å². The van der Waals surface area contributed by atoms with E-state index < -0.39 is 5.60 Å². The number of nitrogens with zero attached hydrogens (tertiary/aromatic N) is 1. The molecule has 6 nitrogen and oxygen atoms in total. The highest BCUT2D eigenvalue weighted by atomic mass is 16.6. The number of carbonyl (C=O) groups excluding carboxylic acids is 1. The van der Waals surface area contributed by atoms with Gasteiger partial charge in [0, 0.05) is 13.7 Å². The Labute approximate surface area is 156 Å². The number of hydrogen-bond acceptors (Lipinski definition) is 5. The molecule has 1 aliphatic rings. The van der Waals surface area contributed by atoms with E-state index in [2.05, 4.69) is 0 Å². The molecule has 1 unspecified atom stereocenters. The number of rotatable bonds is 5. The summed E-state index contributed by atoms with van der Waals surface area (Å²) in [6.07, 6.45) is 0.125. The van der Waals surface area contributed by atoms with E-state index in [1.54, 1.807) is 12.0 Å². The topological polar surface area (TPSA) is 57.2 Å². The fraction of sp³-hybridized carbons (Fsp3) is 0.650. The molecule has 0 aromatic heterocycles. The average molecular weight is 365 g/mol. The van der Waals surface area contributed by atoms with E-state index in [0.29, 0.717) is 39.3 Å². The highest BCUT2D eigenvalue weighted by Gasteiger charge is 2.28. The lowest BCUT2D eigenvalue weighted by molar-refractivity contribution is -0.0882. The molecule has 2 atom stereocenters. The molecule has 0 spiro atoms. The van der Waals surface area contributed by atoms with Crippen molar-refractivity contribution in [3.05, 3.63) is 35.9 Å². The Bertz CT molecular complexity index is 543. The van der Waals surface area contributed by atoms with Gasteiger partial charge in [-0.1, -0.05) is 30.3 Å². The summed E-state index contributed by atoms with van der Waals surface area (Å²) in [5.74, 6) is 0. The minimum Gasteiger partial charge on any atom is -0.444 e. The van der Waals surface area contributed by atoms with Crippen molar-refractivity contribution in [2.45, 2.75) is 51.6 Å². The second-order valence-corrected chi connectivity index (χ2v) is 7.53. The number of ether oxygens (including phenoxy) is 4. The van der Waals surface area contributed by atoms with Crippen LogP contribution in [0.5, 0.6) is 0 Å². The van der Waals surface area contributed by atoms with E-state index in [-0.39, 0.29) is 18.3 Å². The van der Waals surface area contributed by atoms with Crippen molar-refractivity contribution in [3.63, 3.8) is 0 Å². The van der Waals surface area contributed by atoms with Crippen LogP contribution in [0.3, 0.4) is 0 Å². The quantitative estimate of drug-likeness (QED) is 0.802. The summed E-state index contributed by atoms with van der Waals surface area (Å²) in [6.45, 7) is 8.03. The maximum absolute atomic E-state index is 12.5. The molecule has 6 heteroatoms. The minimum atomic E-state index is -0.528. The molecule has 1 heterocycles. The first kappa shape index (κ1) is 20.7. The van der Waals surface area contributed by atoms with Gasteiger partial charge in [-0.25, -0.2) is 4.79 Å². The van der Waals surface area contributed by atoms with Crippen LogP contribution < -0.4 is 0 Å². The third-order valence-electron chi connectivity index (χ3n) is 4.06. The van der Waals surface area contributed by atoms with Gasteiger partial charge in [-0.2, -0.15) is 0 Å². The Kier molecular flexibility index (Phi) is 7.87. The molecule has 0 radical (unpaired) electrons. The van der Waals surface area contributed by atoms with E-state index in [1.165, 1.54) is 0 Å². The van der Waals surface area contributed by atoms with E-state index >= 15 is 0 Å². The summed E-state index contributed by atoms with van der Waals surface area (Å²) >= 11 is 0. The first-order valence-corrected chi connectivity index (χ1v) is 9.11. The predicted octanol–water partition coefficient (Wildman–Crippen LogP) is 3.24. The third-order valence-corrected chi connectivity index (χ3v) is 4.06. The van der Waals surface area contributed by atoms with Gasteiger partial charge in [-0.3, -0.25) is 0 Å². The van der Waals surface area contributed by atoms with Crippen LogP contribution in [0.2, 0.25) is 0 Å². The molecule has 1 fully saturated rings. The molecule has 1 aromatic rings. The maximum atomic E-state index is 12.5.